The van der Waals surface area contributed by atoms with Crippen LogP contribution >= 0.6 is 0 Å². The number of hydrogen-bond donors (Lipinski definition) is 1. The third-order valence-corrected chi connectivity index (χ3v) is 4.75. The number of pyridine rings is 1. The minimum Gasteiger partial charge on any atom is -0.373 e. The van der Waals surface area contributed by atoms with Crippen LogP contribution in [0.1, 0.15) is 30.6 Å². The molecule has 6 heteroatoms. The summed E-state index contributed by atoms with van der Waals surface area (Å²) in [4.78, 5) is 0. The van der Waals surface area contributed by atoms with Crippen LogP contribution in [-0.2, 0) is 17.8 Å². The van der Waals surface area contributed by atoms with Gasteiger partial charge in [0.1, 0.15) is 0 Å². The highest BCUT2D eigenvalue weighted by Gasteiger charge is 2.30. The van der Waals surface area contributed by atoms with Gasteiger partial charge < -0.3 is 10.1 Å². The molecule has 4 heterocycles. The average Bonchev–Trinajstić information content (AvgIpc) is 3.34. The van der Waals surface area contributed by atoms with Gasteiger partial charge in [-0.15, -0.1) is 0 Å². The minimum atomic E-state index is 0.154. The van der Waals surface area contributed by atoms with E-state index < -0.39 is 0 Å². The lowest BCUT2D eigenvalue weighted by Gasteiger charge is -2.17. The van der Waals surface area contributed by atoms with E-state index in [0.717, 1.165) is 38.2 Å². The Morgan fingerprint density at radius 1 is 1.29 bits per heavy atom. The van der Waals surface area contributed by atoms with E-state index in [1.807, 2.05) is 39.9 Å². The second-order valence-electron chi connectivity index (χ2n) is 6.30. The fourth-order valence-corrected chi connectivity index (χ4v) is 3.43. The van der Waals surface area contributed by atoms with Crippen LogP contribution in [0.4, 0.5) is 0 Å². The molecule has 0 aromatic carbocycles. The molecule has 3 aromatic heterocycles. The fourth-order valence-electron chi connectivity index (χ4n) is 3.43. The smallest absolute Gasteiger partial charge is 0.0896 e. The summed E-state index contributed by atoms with van der Waals surface area (Å²) in [6.45, 7) is 5.58. The Balaban J connectivity index is 1.38. The average molecular weight is 325 g/mol. The van der Waals surface area contributed by atoms with Crippen molar-refractivity contribution in [3.8, 4) is 0 Å². The Morgan fingerprint density at radius 3 is 3.12 bits per heavy atom. The maximum atomic E-state index is 5.96. The molecule has 1 aliphatic heterocycles. The fraction of sp³-hybridized carbons (Fsp3) is 0.444. The zero-order chi connectivity index (χ0) is 16.4. The largest absolute Gasteiger partial charge is 0.373 e. The molecule has 1 N–H and O–H groups in total. The lowest BCUT2D eigenvalue weighted by Crippen LogP contribution is -2.24. The molecule has 1 fully saturated rings. The number of fused-ring (bicyclic) bond motifs is 1. The van der Waals surface area contributed by atoms with E-state index in [4.69, 9.17) is 4.74 Å². The molecule has 0 amide bonds. The van der Waals surface area contributed by atoms with Crippen molar-refractivity contribution in [1.82, 2.24) is 24.7 Å². The predicted octanol–water partition coefficient (Wildman–Crippen LogP) is 2.42. The summed E-state index contributed by atoms with van der Waals surface area (Å²) >= 11 is 0. The summed E-state index contributed by atoms with van der Waals surface area (Å²) < 4.78 is 9.83. The van der Waals surface area contributed by atoms with Gasteiger partial charge in [0.25, 0.3) is 0 Å². The molecule has 0 saturated carbocycles. The molecule has 24 heavy (non-hydrogen) atoms. The zero-order valence-electron chi connectivity index (χ0n) is 13.9. The van der Waals surface area contributed by atoms with E-state index >= 15 is 0 Å². The van der Waals surface area contributed by atoms with E-state index in [9.17, 15) is 0 Å². The summed E-state index contributed by atoms with van der Waals surface area (Å²) in [6, 6.07) is 6.14. The molecular weight excluding hydrogens is 302 g/mol. The van der Waals surface area contributed by atoms with Crippen LogP contribution in [0, 0.1) is 5.92 Å². The molecule has 4 rings (SSSR count). The molecule has 1 aliphatic rings. The number of rotatable bonds is 6. The number of ether oxygens (including phenoxy) is 1. The molecule has 2 unspecified atom stereocenters. The summed E-state index contributed by atoms with van der Waals surface area (Å²) in [7, 11) is 0. The first-order valence-corrected chi connectivity index (χ1v) is 8.61. The first-order chi connectivity index (χ1) is 11.8. The minimum absolute atomic E-state index is 0.154. The van der Waals surface area contributed by atoms with Crippen molar-refractivity contribution in [2.24, 2.45) is 5.92 Å². The molecular formula is C18H23N5O. The number of hydrogen-bond acceptors (Lipinski definition) is 4. The first-order valence-electron chi connectivity index (χ1n) is 8.61. The molecule has 3 aromatic rings. The van der Waals surface area contributed by atoms with Crippen LogP contribution in [0.2, 0.25) is 0 Å². The SMILES string of the molecule is CCn1cc(C2OCCC2CNCc2cnn3ccccc23)cn1. The van der Waals surface area contributed by atoms with Gasteiger partial charge in [0, 0.05) is 55.7 Å². The lowest BCUT2D eigenvalue weighted by molar-refractivity contribution is 0.0904. The molecule has 0 radical (unpaired) electrons. The number of aromatic nitrogens is 4. The van der Waals surface area contributed by atoms with Crippen LogP contribution in [0.5, 0.6) is 0 Å². The van der Waals surface area contributed by atoms with E-state index in [-0.39, 0.29) is 6.10 Å². The Bertz CT molecular complexity index is 808. The van der Waals surface area contributed by atoms with E-state index in [1.165, 1.54) is 11.1 Å². The zero-order valence-corrected chi connectivity index (χ0v) is 13.9. The van der Waals surface area contributed by atoms with Crippen LogP contribution in [0.25, 0.3) is 5.52 Å². The Labute approximate surface area is 141 Å². The first kappa shape index (κ1) is 15.4. The summed E-state index contributed by atoms with van der Waals surface area (Å²) in [5.41, 5.74) is 3.58. The second kappa shape index (κ2) is 6.75. The molecule has 0 aliphatic carbocycles. The summed E-state index contributed by atoms with van der Waals surface area (Å²) in [6.07, 6.45) is 9.21. The third-order valence-electron chi connectivity index (χ3n) is 4.75. The van der Waals surface area contributed by atoms with Gasteiger partial charge >= 0.3 is 0 Å². The normalized spacial score (nSPS) is 20.9. The number of aryl methyl sites for hydroxylation is 1. The predicted molar refractivity (Wildman–Crippen MR) is 91.6 cm³/mol. The molecule has 0 bridgehead atoms. The van der Waals surface area contributed by atoms with Gasteiger partial charge in [-0.1, -0.05) is 6.07 Å². The van der Waals surface area contributed by atoms with Gasteiger partial charge in [-0.05, 0) is 25.5 Å². The molecule has 0 spiro atoms. The highest BCUT2D eigenvalue weighted by atomic mass is 16.5. The maximum Gasteiger partial charge on any atom is 0.0896 e. The summed E-state index contributed by atoms with van der Waals surface area (Å²) in [5.74, 6) is 0.487. The van der Waals surface area contributed by atoms with Gasteiger partial charge in [-0.3, -0.25) is 4.68 Å². The highest BCUT2D eigenvalue weighted by molar-refractivity contribution is 5.53. The molecule has 2 atom stereocenters. The van der Waals surface area contributed by atoms with Crippen LogP contribution in [-0.4, -0.2) is 32.5 Å². The van der Waals surface area contributed by atoms with Crippen LogP contribution in [0.15, 0.2) is 43.0 Å². The molecule has 6 nitrogen and oxygen atoms in total. The van der Waals surface area contributed by atoms with Gasteiger partial charge in [0.15, 0.2) is 0 Å². The maximum absolute atomic E-state index is 5.96. The van der Waals surface area contributed by atoms with E-state index in [0.29, 0.717) is 5.92 Å². The lowest BCUT2D eigenvalue weighted by atomic mass is 9.97. The van der Waals surface area contributed by atoms with E-state index in [2.05, 4.69) is 34.7 Å². The second-order valence-corrected chi connectivity index (χ2v) is 6.30. The molecule has 126 valence electrons. The quantitative estimate of drug-likeness (QED) is 0.756. The van der Waals surface area contributed by atoms with Gasteiger partial charge in [-0.25, -0.2) is 4.52 Å². The third kappa shape index (κ3) is 2.95. The number of nitrogens with zero attached hydrogens (tertiary/aromatic N) is 4. The standard InChI is InChI=1S/C18H23N5O/c1-2-22-13-16(12-20-22)18-14(6-8-24-18)9-19-10-15-11-21-23-7-4-3-5-17(15)23/h3-5,7,11-14,18-19H,2,6,8-10H2,1H3. The van der Waals surface area contributed by atoms with Gasteiger partial charge in [0.2, 0.25) is 0 Å². The van der Waals surface area contributed by atoms with Crippen molar-refractivity contribution in [3.63, 3.8) is 0 Å². The monoisotopic (exact) mass is 325 g/mol. The van der Waals surface area contributed by atoms with Gasteiger partial charge in [0.05, 0.1) is 24.0 Å². The van der Waals surface area contributed by atoms with E-state index in [1.54, 1.807) is 0 Å². The topological polar surface area (TPSA) is 56.4 Å². The van der Waals surface area contributed by atoms with Gasteiger partial charge in [-0.2, -0.15) is 10.2 Å². The Morgan fingerprint density at radius 2 is 2.25 bits per heavy atom. The van der Waals surface area contributed by atoms with Crippen molar-refractivity contribution in [3.05, 3.63) is 54.1 Å². The van der Waals surface area contributed by atoms with Crippen molar-refractivity contribution >= 4 is 5.52 Å². The highest BCUT2D eigenvalue weighted by Crippen LogP contribution is 2.33. The van der Waals surface area contributed by atoms with Crippen molar-refractivity contribution in [2.45, 2.75) is 32.5 Å². The molecule has 1 saturated heterocycles. The Kier molecular flexibility index (Phi) is 4.32. The van der Waals surface area contributed by atoms with Crippen LogP contribution < -0.4 is 5.32 Å². The van der Waals surface area contributed by atoms with Crippen LogP contribution in [0.3, 0.4) is 0 Å². The van der Waals surface area contributed by atoms with Crippen molar-refractivity contribution < 1.29 is 4.74 Å². The summed E-state index contributed by atoms with van der Waals surface area (Å²) in [5, 5.41) is 12.3. The van der Waals surface area contributed by atoms with Crippen molar-refractivity contribution in [1.29, 1.82) is 0 Å². The van der Waals surface area contributed by atoms with Crippen molar-refractivity contribution in [2.75, 3.05) is 13.2 Å². The number of nitrogens with one attached hydrogen (secondary N) is 1. The Hall–Kier alpha value is -2.18.